The fourth-order valence-corrected chi connectivity index (χ4v) is 8.22. The van der Waals surface area contributed by atoms with Gasteiger partial charge in [0.05, 0.1) is 16.7 Å². The van der Waals surface area contributed by atoms with E-state index < -0.39 is 0 Å². The zero-order valence-corrected chi connectivity index (χ0v) is 30.8. The number of aromatic nitrogens is 1. The Kier molecular flexibility index (Phi) is 8.55. The van der Waals surface area contributed by atoms with Crippen molar-refractivity contribution in [3.8, 4) is 50.2 Å². The van der Waals surface area contributed by atoms with Gasteiger partial charge in [-0.05, 0) is 105 Å². The standard InChI is InChI=1S/C54H38N2/c1-5-19-39(20-6-1)43-35-44(40-21-7-2-8-22-40)38-47(37-43)55(46-28-17-25-42(36-46)49-30-14-13-29-48(49)41-23-9-3-10-24-41)52-33-18-34-53-54(52)50-31-15-16-32-51(50)56(53)45-26-11-4-12-27-45/h1-38H. The molecule has 0 amide bonds. The summed E-state index contributed by atoms with van der Waals surface area (Å²) in [7, 11) is 0. The predicted octanol–water partition coefficient (Wildman–Crippen LogP) is 14.9. The summed E-state index contributed by atoms with van der Waals surface area (Å²) in [5, 5.41) is 2.41. The molecule has 1 aromatic heterocycles. The first kappa shape index (κ1) is 33.2. The normalized spacial score (nSPS) is 11.2. The smallest absolute Gasteiger partial charge is 0.0562 e. The fourth-order valence-electron chi connectivity index (χ4n) is 8.22. The molecule has 0 radical (unpaired) electrons. The molecule has 56 heavy (non-hydrogen) atoms. The molecule has 2 nitrogen and oxygen atoms in total. The van der Waals surface area contributed by atoms with Crippen LogP contribution < -0.4 is 4.90 Å². The van der Waals surface area contributed by atoms with Crippen molar-refractivity contribution in [2.75, 3.05) is 4.90 Å². The highest BCUT2D eigenvalue weighted by Crippen LogP contribution is 2.46. The molecule has 0 bridgehead atoms. The SMILES string of the molecule is c1ccc(-c2cc(-c3ccccc3)cc(N(c3cccc(-c4ccccc4-c4ccccc4)c3)c3cccc4c3c3ccccc3n4-c3ccccc3)c2)cc1. The molecule has 0 spiro atoms. The summed E-state index contributed by atoms with van der Waals surface area (Å²) in [5.41, 5.74) is 16.2. The van der Waals surface area contributed by atoms with Gasteiger partial charge in [-0.25, -0.2) is 0 Å². The summed E-state index contributed by atoms with van der Waals surface area (Å²) in [6, 6.07) is 83.2. The lowest BCUT2D eigenvalue weighted by Gasteiger charge is -2.28. The van der Waals surface area contributed by atoms with E-state index in [9.17, 15) is 0 Å². The average molecular weight is 715 g/mol. The number of anilines is 3. The Bertz CT molecular complexity index is 2890. The Morgan fingerprint density at radius 2 is 0.786 bits per heavy atom. The van der Waals surface area contributed by atoms with Gasteiger partial charge in [-0.1, -0.05) is 170 Å². The summed E-state index contributed by atoms with van der Waals surface area (Å²) in [4.78, 5) is 2.47. The van der Waals surface area contributed by atoms with Gasteiger partial charge in [0.15, 0.2) is 0 Å². The molecule has 10 rings (SSSR count). The Morgan fingerprint density at radius 3 is 1.45 bits per heavy atom. The average Bonchev–Trinajstić information content (AvgIpc) is 3.63. The van der Waals surface area contributed by atoms with Gasteiger partial charge in [-0.3, -0.25) is 0 Å². The van der Waals surface area contributed by atoms with E-state index >= 15 is 0 Å². The van der Waals surface area contributed by atoms with Crippen molar-refractivity contribution in [1.82, 2.24) is 4.57 Å². The minimum atomic E-state index is 1.08. The third-order valence-electron chi connectivity index (χ3n) is 10.7. The van der Waals surface area contributed by atoms with Crippen LogP contribution in [0.2, 0.25) is 0 Å². The van der Waals surface area contributed by atoms with E-state index in [1.54, 1.807) is 0 Å². The zero-order chi connectivity index (χ0) is 37.3. The Hall–Kier alpha value is -7.42. The second kappa shape index (κ2) is 14.4. The molecule has 2 heteroatoms. The number of hydrogen-bond acceptors (Lipinski definition) is 1. The van der Waals surface area contributed by atoms with Crippen LogP contribution in [0.1, 0.15) is 0 Å². The molecular formula is C54H38N2. The van der Waals surface area contributed by atoms with Crippen molar-refractivity contribution >= 4 is 38.9 Å². The number of rotatable bonds is 8. The van der Waals surface area contributed by atoms with Gasteiger partial charge in [0, 0.05) is 27.8 Å². The highest BCUT2D eigenvalue weighted by molar-refractivity contribution is 6.16. The quantitative estimate of drug-likeness (QED) is 0.152. The van der Waals surface area contributed by atoms with E-state index in [0.29, 0.717) is 0 Å². The van der Waals surface area contributed by atoms with Crippen molar-refractivity contribution in [2.45, 2.75) is 0 Å². The second-order valence-electron chi connectivity index (χ2n) is 14.2. The second-order valence-corrected chi connectivity index (χ2v) is 14.2. The molecule has 1 heterocycles. The highest BCUT2D eigenvalue weighted by atomic mass is 15.1. The first-order valence-corrected chi connectivity index (χ1v) is 19.2. The minimum Gasteiger partial charge on any atom is -0.310 e. The van der Waals surface area contributed by atoms with Gasteiger partial charge in [-0.15, -0.1) is 0 Å². The molecular weight excluding hydrogens is 677 g/mol. The van der Waals surface area contributed by atoms with Crippen LogP contribution in [0.4, 0.5) is 17.1 Å². The van der Waals surface area contributed by atoms with Crippen LogP contribution in [-0.4, -0.2) is 4.57 Å². The summed E-state index contributed by atoms with van der Waals surface area (Å²) >= 11 is 0. The zero-order valence-electron chi connectivity index (χ0n) is 30.8. The van der Waals surface area contributed by atoms with Gasteiger partial charge in [0.2, 0.25) is 0 Å². The molecule has 0 aliphatic rings. The van der Waals surface area contributed by atoms with Crippen LogP contribution in [0.15, 0.2) is 231 Å². The molecule has 0 N–H and O–H groups in total. The molecule has 0 aliphatic carbocycles. The van der Waals surface area contributed by atoms with Gasteiger partial charge in [-0.2, -0.15) is 0 Å². The van der Waals surface area contributed by atoms with E-state index in [1.807, 2.05) is 0 Å². The molecule has 264 valence electrons. The van der Waals surface area contributed by atoms with Crippen molar-refractivity contribution in [2.24, 2.45) is 0 Å². The molecule has 9 aromatic carbocycles. The molecule has 0 unspecified atom stereocenters. The largest absolute Gasteiger partial charge is 0.310 e. The number of benzene rings is 9. The van der Waals surface area contributed by atoms with Gasteiger partial charge >= 0.3 is 0 Å². The lowest BCUT2D eigenvalue weighted by molar-refractivity contribution is 1.18. The summed E-state index contributed by atoms with van der Waals surface area (Å²) in [5.74, 6) is 0. The molecule has 0 saturated heterocycles. The molecule has 0 aliphatic heterocycles. The Balaban J connectivity index is 1.27. The summed E-state index contributed by atoms with van der Waals surface area (Å²) in [6.45, 7) is 0. The van der Waals surface area contributed by atoms with E-state index in [-0.39, 0.29) is 0 Å². The van der Waals surface area contributed by atoms with E-state index in [2.05, 4.69) is 240 Å². The lowest BCUT2D eigenvalue weighted by Crippen LogP contribution is -2.11. The molecule has 0 saturated carbocycles. The van der Waals surface area contributed by atoms with Gasteiger partial charge in [0.1, 0.15) is 0 Å². The van der Waals surface area contributed by atoms with Gasteiger partial charge in [0.25, 0.3) is 0 Å². The number of hydrogen-bond donors (Lipinski definition) is 0. The summed E-state index contributed by atoms with van der Waals surface area (Å²) < 4.78 is 2.40. The van der Waals surface area contributed by atoms with Crippen LogP contribution in [0, 0.1) is 0 Å². The van der Waals surface area contributed by atoms with Crippen LogP contribution in [-0.2, 0) is 0 Å². The molecule has 0 atom stereocenters. The molecule has 10 aromatic rings. The number of fused-ring (bicyclic) bond motifs is 3. The number of para-hydroxylation sites is 2. The van der Waals surface area contributed by atoms with Crippen LogP contribution >= 0.6 is 0 Å². The predicted molar refractivity (Wildman–Crippen MR) is 237 cm³/mol. The van der Waals surface area contributed by atoms with Crippen molar-refractivity contribution in [3.05, 3.63) is 231 Å². The van der Waals surface area contributed by atoms with E-state index in [4.69, 9.17) is 0 Å². The Labute approximate surface area is 327 Å². The number of nitrogens with zero attached hydrogens (tertiary/aromatic N) is 2. The van der Waals surface area contributed by atoms with Gasteiger partial charge < -0.3 is 9.47 Å². The van der Waals surface area contributed by atoms with Crippen molar-refractivity contribution in [3.63, 3.8) is 0 Å². The third-order valence-corrected chi connectivity index (χ3v) is 10.7. The fraction of sp³-hybridized carbons (Fsp3) is 0. The van der Waals surface area contributed by atoms with E-state index in [1.165, 1.54) is 44.1 Å². The topological polar surface area (TPSA) is 8.17 Å². The minimum absolute atomic E-state index is 1.08. The van der Waals surface area contributed by atoms with Crippen LogP contribution in [0.5, 0.6) is 0 Å². The van der Waals surface area contributed by atoms with Crippen LogP contribution in [0.25, 0.3) is 72.0 Å². The third kappa shape index (κ3) is 6.04. The maximum Gasteiger partial charge on any atom is 0.0562 e. The Morgan fingerprint density at radius 1 is 0.304 bits per heavy atom. The van der Waals surface area contributed by atoms with Crippen molar-refractivity contribution in [1.29, 1.82) is 0 Å². The highest BCUT2D eigenvalue weighted by Gasteiger charge is 2.23. The van der Waals surface area contributed by atoms with Crippen LogP contribution in [0.3, 0.4) is 0 Å². The monoisotopic (exact) mass is 714 g/mol. The maximum atomic E-state index is 2.47. The summed E-state index contributed by atoms with van der Waals surface area (Å²) in [6.07, 6.45) is 0. The van der Waals surface area contributed by atoms with E-state index in [0.717, 1.165) is 45.0 Å². The maximum absolute atomic E-state index is 2.47. The lowest BCUT2D eigenvalue weighted by atomic mass is 9.94. The first-order valence-electron chi connectivity index (χ1n) is 19.2. The van der Waals surface area contributed by atoms with Crippen molar-refractivity contribution < 1.29 is 0 Å². The molecule has 0 fully saturated rings. The first-order chi connectivity index (χ1) is 27.8.